The molecule has 1 N–H and O–H groups in total. The Labute approximate surface area is 212 Å². The number of anilines is 1. The molecule has 0 saturated carbocycles. The van der Waals surface area contributed by atoms with Crippen LogP contribution >= 0.6 is 0 Å². The molecule has 0 aliphatic heterocycles. The molecule has 9 nitrogen and oxygen atoms in total. The molecule has 192 valence electrons. The van der Waals surface area contributed by atoms with Crippen LogP contribution < -0.4 is 5.32 Å². The van der Waals surface area contributed by atoms with Crippen molar-refractivity contribution in [1.82, 2.24) is 24.6 Å². The van der Waals surface area contributed by atoms with Crippen molar-refractivity contribution in [3.63, 3.8) is 0 Å². The van der Waals surface area contributed by atoms with Gasteiger partial charge in [0.1, 0.15) is 5.60 Å². The van der Waals surface area contributed by atoms with Gasteiger partial charge in [0.05, 0.1) is 18.7 Å². The van der Waals surface area contributed by atoms with Crippen LogP contribution in [0.25, 0.3) is 5.95 Å². The zero-order valence-electron chi connectivity index (χ0n) is 22.5. The third-order valence-electron chi connectivity index (χ3n) is 5.62. The van der Waals surface area contributed by atoms with Gasteiger partial charge < -0.3 is 15.0 Å². The minimum atomic E-state index is -0.583. The highest BCUT2D eigenvalue weighted by Gasteiger charge is 2.23. The van der Waals surface area contributed by atoms with Crippen LogP contribution in [0.2, 0.25) is 0 Å². The number of nitrogens with one attached hydrogen (secondary N) is 1. The predicted molar refractivity (Wildman–Crippen MR) is 139 cm³/mol. The van der Waals surface area contributed by atoms with Crippen LogP contribution in [0.15, 0.2) is 30.3 Å². The standard InChI is InChI=1S/C27H36N6O3/c1-9-32(26(35)36-27(6,7)8)16-21-12-10-11-13-23(21)30-24(34)15-22-19(4)31-33(20(22)5)25-28-17(2)14-18(3)29-25/h10-14H,9,15-16H2,1-8H3,(H,30,34). The molecule has 0 fully saturated rings. The van der Waals surface area contributed by atoms with Crippen LogP contribution in [-0.4, -0.2) is 48.8 Å². The molecule has 0 unspecified atom stereocenters. The largest absolute Gasteiger partial charge is 0.444 e. The lowest BCUT2D eigenvalue weighted by Crippen LogP contribution is -2.36. The van der Waals surface area contributed by atoms with Gasteiger partial charge in [0, 0.05) is 34.9 Å². The van der Waals surface area contributed by atoms with Crippen LogP contribution in [-0.2, 0) is 22.5 Å². The number of benzene rings is 1. The van der Waals surface area contributed by atoms with Crippen molar-refractivity contribution in [2.24, 2.45) is 0 Å². The van der Waals surface area contributed by atoms with Crippen LogP contribution in [0.3, 0.4) is 0 Å². The maximum absolute atomic E-state index is 13.1. The summed E-state index contributed by atoms with van der Waals surface area (Å²) in [6.07, 6.45) is -0.237. The smallest absolute Gasteiger partial charge is 0.410 e. The quantitative estimate of drug-likeness (QED) is 0.507. The van der Waals surface area contributed by atoms with Crippen LogP contribution in [0, 0.1) is 27.7 Å². The van der Waals surface area contributed by atoms with E-state index in [2.05, 4.69) is 20.4 Å². The van der Waals surface area contributed by atoms with E-state index in [9.17, 15) is 9.59 Å². The average molecular weight is 493 g/mol. The Kier molecular flexibility index (Phi) is 8.12. The van der Waals surface area contributed by atoms with E-state index in [1.807, 2.05) is 85.7 Å². The molecule has 0 aliphatic carbocycles. The van der Waals surface area contributed by atoms with Gasteiger partial charge in [-0.3, -0.25) is 4.79 Å². The second-order valence-electron chi connectivity index (χ2n) is 9.89. The van der Waals surface area contributed by atoms with E-state index >= 15 is 0 Å². The van der Waals surface area contributed by atoms with E-state index in [1.54, 1.807) is 9.58 Å². The SMILES string of the molecule is CCN(Cc1ccccc1NC(=O)Cc1c(C)nn(-c2nc(C)cc(C)n2)c1C)C(=O)OC(C)(C)C. The van der Waals surface area contributed by atoms with Gasteiger partial charge in [-0.25, -0.2) is 19.4 Å². The molecule has 2 amide bonds. The monoisotopic (exact) mass is 492 g/mol. The second-order valence-corrected chi connectivity index (χ2v) is 9.89. The van der Waals surface area contributed by atoms with E-state index in [4.69, 9.17) is 4.74 Å². The molecule has 3 rings (SSSR count). The molecule has 0 saturated heterocycles. The summed E-state index contributed by atoms with van der Waals surface area (Å²) in [7, 11) is 0. The lowest BCUT2D eigenvalue weighted by atomic mass is 10.1. The number of hydrogen-bond donors (Lipinski definition) is 1. The normalized spacial score (nSPS) is 11.3. The summed E-state index contributed by atoms with van der Waals surface area (Å²) in [5.74, 6) is 0.321. The molecule has 0 bridgehead atoms. The maximum atomic E-state index is 13.1. The van der Waals surface area contributed by atoms with Gasteiger partial charge in [-0.15, -0.1) is 0 Å². The molecule has 36 heavy (non-hydrogen) atoms. The van der Waals surface area contributed by atoms with E-state index < -0.39 is 11.7 Å². The third-order valence-corrected chi connectivity index (χ3v) is 5.62. The minimum Gasteiger partial charge on any atom is -0.444 e. The number of para-hydroxylation sites is 1. The molecule has 0 spiro atoms. The number of carbonyl (C=O) groups is 2. The summed E-state index contributed by atoms with van der Waals surface area (Å²) in [5, 5.41) is 7.60. The first-order chi connectivity index (χ1) is 16.9. The first-order valence-corrected chi connectivity index (χ1v) is 12.1. The molecule has 1 aromatic carbocycles. The van der Waals surface area contributed by atoms with Crippen molar-refractivity contribution < 1.29 is 14.3 Å². The summed E-state index contributed by atoms with van der Waals surface area (Å²) in [6.45, 7) is 15.8. The summed E-state index contributed by atoms with van der Waals surface area (Å²) in [4.78, 5) is 36.3. The minimum absolute atomic E-state index is 0.153. The molecule has 2 heterocycles. The van der Waals surface area contributed by atoms with Gasteiger partial charge in [0.15, 0.2) is 0 Å². The fraction of sp³-hybridized carbons (Fsp3) is 0.444. The Hall–Kier alpha value is -3.75. The molecular formula is C27H36N6O3. The summed E-state index contributed by atoms with van der Waals surface area (Å²) in [6, 6.07) is 9.38. The van der Waals surface area contributed by atoms with Gasteiger partial charge in [-0.1, -0.05) is 18.2 Å². The number of carbonyl (C=O) groups excluding carboxylic acids is 2. The highest BCUT2D eigenvalue weighted by Crippen LogP contribution is 2.21. The molecule has 9 heteroatoms. The second kappa shape index (κ2) is 10.9. The van der Waals surface area contributed by atoms with Crippen molar-refractivity contribution in [1.29, 1.82) is 0 Å². The van der Waals surface area contributed by atoms with Crippen molar-refractivity contribution in [2.45, 2.75) is 74.0 Å². The summed E-state index contributed by atoms with van der Waals surface area (Å²) in [5.41, 5.74) is 5.01. The van der Waals surface area contributed by atoms with E-state index in [1.165, 1.54) is 0 Å². The van der Waals surface area contributed by atoms with Gasteiger partial charge in [-0.05, 0) is 73.1 Å². The van der Waals surface area contributed by atoms with Crippen molar-refractivity contribution in [3.05, 3.63) is 64.2 Å². The fourth-order valence-corrected chi connectivity index (χ4v) is 3.90. The number of ether oxygens (including phenoxy) is 1. The van der Waals surface area contributed by atoms with E-state index in [-0.39, 0.29) is 12.3 Å². The van der Waals surface area contributed by atoms with Gasteiger partial charge in [0.2, 0.25) is 5.91 Å². The third kappa shape index (κ3) is 6.68. The molecule has 2 aromatic heterocycles. The zero-order valence-corrected chi connectivity index (χ0v) is 22.5. The van der Waals surface area contributed by atoms with Crippen LogP contribution in [0.1, 0.15) is 61.6 Å². The lowest BCUT2D eigenvalue weighted by molar-refractivity contribution is -0.115. The maximum Gasteiger partial charge on any atom is 0.410 e. The molecular weight excluding hydrogens is 456 g/mol. The molecule has 0 atom stereocenters. The Bertz CT molecular complexity index is 1240. The predicted octanol–water partition coefficient (Wildman–Crippen LogP) is 4.83. The Morgan fingerprint density at radius 2 is 1.69 bits per heavy atom. The molecule has 3 aromatic rings. The van der Waals surface area contributed by atoms with Crippen LogP contribution in [0.4, 0.5) is 10.5 Å². The average Bonchev–Trinajstić information content (AvgIpc) is 3.05. The topological polar surface area (TPSA) is 102 Å². The fourth-order valence-electron chi connectivity index (χ4n) is 3.90. The summed E-state index contributed by atoms with van der Waals surface area (Å²) < 4.78 is 7.21. The first kappa shape index (κ1) is 26.8. The van der Waals surface area contributed by atoms with Gasteiger partial charge in [-0.2, -0.15) is 5.10 Å². The number of hydrogen-bond acceptors (Lipinski definition) is 6. The van der Waals surface area contributed by atoms with Crippen LogP contribution in [0.5, 0.6) is 0 Å². The highest BCUT2D eigenvalue weighted by molar-refractivity contribution is 5.93. The van der Waals surface area contributed by atoms with E-state index in [0.29, 0.717) is 24.7 Å². The Morgan fingerprint density at radius 3 is 2.31 bits per heavy atom. The van der Waals surface area contributed by atoms with Gasteiger partial charge in [0.25, 0.3) is 5.95 Å². The summed E-state index contributed by atoms with van der Waals surface area (Å²) >= 11 is 0. The number of nitrogens with zero attached hydrogens (tertiary/aromatic N) is 5. The number of aryl methyl sites for hydroxylation is 3. The first-order valence-electron chi connectivity index (χ1n) is 12.1. The van der Waals surface area contributed by atoms with Gasteiger partial charge >= 0.3 is 6.09 Å². The highest BCUT2D eigenvalue weighted by atomic mass is 16.6. The lowest BCUT2D eigenvalue weighted by Gasteiger charge is -2.27. The van der Waals surface area contributed by atoms with Crippen molar-refractivity contribution >= 4 is 17.7 Å². The number of amides is 2. The Morgan fingerprint density at radius 1 is 1.06 bits per heavy atom. The Balaban J connectivity index is 1.77. The van der Waals surface area contributed by atoms with Crippen molar-refractivity contribution in [3.8, 4) is 5.95 Å². The van der Waals surface area contributed by atoms with E-state index in [0.717, 1.165) is 33.9 Å². The molecule has 0 aliphatic rings. The zero-order chi connectivity index (χ0) is 26.6. The van der Waals surface area contributed by atoms with Crippen molar-refractivity contribution in [2.75, 3.05) is 11.9 Å². The molecule has 0 radical (unpaired) electrons. The number of rotatable bonds is 7. The number of aromatic nitrogens is 4.